The molecule has 1 N–H and O–H groups in total. The van der Waals surface area contributed by atoms with Gasteiger partial charge >= 0.3 is 0 Å². The summed E-state index contributed by atoms with van der Waals surface area (Å²) in [6, 6.07) is 12.8. The van der Waals surface area contributed by atoms with Gasteiger partial charge in [-0.05, 0) is 49.6 Å². The maximum Gasteiger partial charge on any atom is 0.242 e. The van der Waals surface area contributed by atoms with Gasteiger partial charge in [-0.15, -0.1) is 0 Å². The standard InChI is InChI=1S/C23H29FN2O3/c1-5-16(2)25-23(28)17(3)26(15-18-10-12-20(29-4)13-11-18)22(27)14-19-8-6-7-9-21(19)24/h6-13,16-17H,5,14-15H2,1-4H3,(H,25,28)/t16-,17+/m0/s1. The maximum atomic E-state index is 14.0. The van der Waals surface area contributed by atoms with Crippen LogP contribution < -0.4 is 10.1 Å². The fourth-order valence-electron chi connectivity index (χ4n) is 2.88. The van der Waals surface area contributed by atoms with Crippen LogP contribution in [0.1, 0.15) is 38.3 Å². The summed E-state index contributed by atoms with van der Waals surface area (Å²) in [4.78, 5) is 27.2. The molecule has 0 radical (unpaired) electrons. The van der Waals surface area contributed by atoms with E-state index in [1.165, 1.54) is 11.0 Å². The molecule has 5 nitrogen and oxygen atoms in total. The van der Waals surface area contributed by atoms with Crippen molar-refractivity contribution in [2.45, 2.75) is 52.2 Å². The molecule has 0 saturated carbocycles. The van der Waals surface area contributed by atoms with Crippen LogP contribution in [0, 0.1) is 5.82 Å². The molecule has 2 atom stereocenters. The van der Waals surface area contributed by atoms with Crippen molar-refractivity contribution in [1.29, 1.82) is 0 Å². The number of carbonyl (C=O) groups excluding carboxylic acids is 2. The van der Waals surface area contributed by atoms with Gasteiger partial charge in [0.05, 0.1) is 13.5 Å². The first-order valence-electron chi connectivity index (χ1n) is 9.81. The van der Waals surface area contributed by atoms with E-state index >= 15 is 0 Å². The minimum Gasteiger partial charge on any atom is -0.497 e. The Labute approximate surface area is 171 Å². The quantitative estimate of drug-likeness (QED) is 0.698. The summed E-state index contributed by atoms with van der Waals surface area (Å²) in [6.45, 7) is 5.83. The van der Waals surface area contributed by atoms with Crippen LogP contribution in [0.2, 0.25) is 0 Å². The molecule has 0 aliphatic heterocycles. The number of amides is 2. The van der Waals surface area contributed by atoms with E-state index in [4.69, 9.17) is 4.74 Å². The number of carbonyl (C=O) groups is 2. The van der Waals surface area contributed by atoms with Gasteiger partial charge in [0.25, 0.3) is 0 Å². The summed E-state index contributed by atoms with van der Waals surface area (Å²) in [6.07, 6.45) is 0.684. The highest BCUT2D eigenvalue weighted by Crippen LogP contribution is 2.17. The summed E-state index contributed by atoms with van der Waals surface area (Å²) in [5, 5.41) is 2.92. The molecule has 0 fully saturated rings. The second kappa shape index (κ2) is 10.6. The topological polar surface area (TPSA) is 58.6 Å². The van der Waals surface area contributed by atoms with E-state index in [2.05, 4.69) is 5.32 Å². The Hall–Kier alpha value is -2.89. The third-order valence-corrected chi connectivity index (χ3v) is 4.98. The van der Waals surface area contributed by atoms with Crippen LogP contribution in [0.15, 0.2) is 48.5 Å². The minimum absolute atomic E-state index is 0.00876. The molecule has 156 valence electrons. The first-order valence-corrected chi connectivity index (χ1v) is 9.81. The Morgan fingerprint density at radius 3 is 2.34 bits per heavy atom. The number of benzene rings is 2. The van der Waals surface area contributed by atoms with E-state index in [1.807, 2.05) is 26.0 Å². The Morgan fingerprint density at radius 2 is 1.76 bits per heavy atom. The molecule has 29 heavy (non-hydrogen) atoms. The van der Waals surface area contributed by atoms with Gasteiger partial charge in [0.2, 0.25) is 11.8 Å². The van der Waals surface area contributed by atoms with Crippen LogP contribution >= 0.6 is 0 Å². The summed E-state index contributed by atoms with van der Waals surface area (Å²) in [7, 11) is 1.58. The number of ether oxygens (including phenoxy) is 1. The summed E-state index contributed by atoms with van der Waals surface area (Å²) in [5.41, 5.74) is 1.17. The Morgan fingerprint density at radius 1 is 1.10 bits per heavy atom. The van der Waals surface area contributed by atoms with Crippen molar-refractivity contribution in [1.82, 2.24) is 10.2 Å². The molecule has 0 saturated heterocycles. The predicted molar refractivity (Wildman–Crippen MR) is 111 cm³/mol. The molecule has 2 amide bonds. The Kier molecular flexibility index (Phi) is 8.19. The molecule has 0 aromatic heterocycles. The van der Waals surface area contributed by atoms with Crippen molar-refractivity contribution in [3.05, 3.63) is 65.5 Å². The van der Waals surface area contributed by atoms with Gasteiger partial charge in [0, 0.05) is 12.6 Å². The van der Waals surface area contributed by atoms with Crippen molar-refractivity contribution in [2.24, 2.45) is 0 Å². The van der Waals surface area contributed by atoms with Gasteiger partial charge in [-0.25, -0.2) is 4.39 Å². The number of hydrogen-bond acceptors (Lipinski definition) is 3. The normalized spacial score (nSPS) is 12.7. The van der Waals surface area contributed by atoms with Crippen molar-refractivity contribution >= 4 is 11.8 Å². The van der Waals surface area contributed by atoms with E-state index in [-0.39, 0.29) is 30.8 Å². The van der Waals surface area contributed by atoms with Crippen molar-refractivity contribution in [2.75, 3.05) is 7.11 Å². The fourth-order valence-corrected chi connectivity index (χ4v) is 2.88. The number of halogens is 1. The second-order valence-electron chi connectivity index (χ2n) is 7.13. The van der Waals surface area contributed by atoms with Gasteiger partial charge in [0.15, 0.2) is 0 Å². The van der Waals surface area contributed by atoms with E-state index in [0.29, 0.717) is 11.3 Å². The lowest BCUT2D eigenvalue weighted by atomic mass is 10.1. The highest BCUT2D eigenvalue weighted by molar-refractivity contribution is 5.88. The third-order valence-electron chi connectivity index (χ3n) is 4.98. The second-order valence-corrected chi connectivity index (χ2v) is 7.13. The van der Waals surface area contributed by atoms with Gasteiger partial charge in [-0.2, -0.15) is 0 Å². The number of nitrogens with zero attached hydrogens (tertiary/aromatic N) is 1. The number of nitrogens with one attached hydrogen (secondary N) is 1. The first kappa shape index (κ1) is 22.4. The Bertz CT molecular complexity index is 823. The van der Waals surface area contributed by atoms with Crippen molar-refractivity contribution in [3.8, 4) is 5.75 Å². The molecule has 2 rings (SSSR count). The van der Waals surface area contributed by atoms with E-state index < -0.39 is 11.9 Å². The number of methoxy groups -OCH3 is 1. The lowest BCUT2D eigenvalue weighted by Gasteiger charge is -2.30. The highest BCUT2D eigenvalue weighted by atomic mass is 19.1. The van der Waals surface area contributed by atoms with Crippen LogP contribution in [0.25, 0.3) is 0 Å². The minimum atomic E-state index is -0.689. The van der Waals surface area contributed by atoms with E-state index in [0.717, 1.165) is 12.0 Å². The van der Waals surface area contributed by atoms with Gasteiger partial charge in [0.1, 0.15) is 17.6 Å². The van der Waals surface area contributed by atoms with Gasteiger partial charge in [-0.3, -0.25) is 9.59 Å². The summed E-state index contributed by atoms with van der Waals surface area (Å²) >= 11 is 0. The van der Waals surface area contributed by atoms with Gasteiger partial charge < -0.3 is 15.0 Å². The molecule has 6 heteroatoms. The van der Waals surface area contributed by atoms with Crippen LogP contribution in [0.3, 0.4) is 0 Å². The zero-order valence-corrected chi connectivity index (χ0v) is 17.4. The molecule has 2 aromatic carbocycles. The molecular formula is C23H29FN2O3. The van der Waals surface area contributed by atoms with Crippen molar-refractivity contribution in [3.63, 3.8) is 0 Å². The zero-order chi connectivity index (χ0) is 21.4. The molecule has 0 aliphatic rings. The lowest BCUT2D eigenvalue weighted by Crippen LogP contribution is -2.49. The van der Waals surface area contributed by atoms with Gasteiger partial charge in [-0.1, -0.05) is 37.3 Å². The molecular weight excluding hydrogens is 371 g/mol. The van der Waals surface area contributed by atoms with E-state index in [9.17, 15) is 14.0 Å². The van der Waals surface area contributed by atoms with Crippen LogP contribution in [0.4, 0.5) is 4.39 Å². The lowest BCUT2D eigenvalue weighted by molar-refractivity contribution is -0.140. The third kappa shape index (κ3) is 6.31. The van der Waals surface area contributed by atoms with E-state index in [1.54, 1.807) is 44.4 Å². The van der Waals surface area contributed by atoms with Crippen LogP contribution in [-0.4, -0.2) is 35.9 Å². The fraction of sp³-hybridized carbons (Fsp3) is 0.391. The average Bonchev–Trinajstić information content (AvgIpc) is 2.73. The summed E-state index contributed by atoms with van der Waals surface area (Å²) < 4.78 is 19.2. The smallest absolute Gasteiger partial charge is 0.242 e. The molecule has 2 aromatic rings. The van der Waals surface area contributed by atoms with Crippen LogP contribution in [-0.2, 0) is 22.6 Å². The predicted octanol–water partition coefficient (Wildman–Crippen LogP) is 3.71. The largest absolute Gasteiger partial charge is 0.497 e. The summed E-state index contributed by atoms with van der Waals surface area (Å²) in [5.74, 6) is -0.255. The molecule has 0 spiro atoms. The SMILES string of the molecule is CC[C@H](C)NC(=O)[C@@H](C)N(Cc1ccc(OC)cc1)C(=O)Cc1ccccc1F. The monoisotopic (exact) mass is 400 g/mol. The number of hydrogen-bond donors (Lipinski definition) is 1. The van der Waals surface area contributed by atoms with Crippen molar-refractivity contribution < 1.29 is 18.7 Å². The molecule has 0 heterocycles. The first-order chi connectivity index (χ1) is 13.8. The average molecular weight is 400 g/mol. The van der Waals surface area contributed by atoms with Crippen LogP contribution in [0.5, 0.6) is 5.75 Å². The molecule has 0 bridgehead atoms. The number of rotatable bonds is 9. The highest BCUT2D eigenvalue weighted by Gasteiger charge is 2.27. The maximum absolute atomic E-state index is 14.0. The molecule has 0 aliphatic carbocycles. The Balaban J connectivity index is 2.24. The zero-order valence-electron chi connectivity index (χ0n) is 17.4. The molecule has 0 unspecified atom stereocenters.